The van der Waals surface area contributed by atoms with Gasteiger partial charge in [0.15, 0.2) is 0 Å². The molecule has 7 heteroatoms. The molecule has 158 valence electrons. The number of ether oxygens (including phenoxy) is 1. The summed E-state index contributed by atoms with van der Waals surface area (Å²) >= 11 is 0. The second kappa shape index (κ2) is 9.28. The molecule has 0 aliphatic carbocycles. The van der Waals surface area contributed by atoms with Gasteiger partial charge in [-0.1, -0.05) is 24.3 Å². The van der Waals surface area contributed by atoms with E-state index in [1.54, 1.807) is 6.20 Å². The number of carbonyl (C=O) groups excluding carboxylic acids is 1. The maximum Gasteiger partial charge on any atom is 0.267 e. The molecule has 0 saturated carbocycles. The lowest BCUT2D eigenvalue weighted by molar-refractivity contribution is -0.0604. The Morgan fingerprint density at radius 2 is 2.17 bits per heavy atom. The zero-order valence-corrected chi connectivity index (χ0v) is 17.3. The zero-order chi connectivity index (χ0) is 20.9. The molecular weight excluding hydrogens is 378 g/mol. The molecule has 1 aliphatic heterocycles. The molecule has 3 heterocycles. The highest BCUT2D eigenvalue weighted by molar-refractivity contribution is 5.97. The summed E-state index contributed by atoms with van der Waals surface area (Å²) < 4.78 is 6.00. The van der Waals surface area contributed by atoms with Crippen LogP contribution in [0, 0.1) is 0 Å². The summed E-state index contributed by atoms with van der Waals surface area (Å²) in [4.78, 5) is 22.2. The van der Waals surface area contributed by atoms with E-state index in [0.29, 0.717) is 30.7 Å². The first-order chi connectivity index (χ1) is 14.6. The minimum absolute atomic E-state index is 0.0241. The Morgan fingerprint density at radius 1 is 1.30 bits per heavy atom. The fourth-order valence-corrected chi connectivity index (χ4v) is 3.86. The molecule has 0 bridgehead atoms. The zero-order valence-electron chi connectivity index (χ0n) is 17.3. The number of aromatic nitrogens is 2. The van der Waals surface area contributed by atoms with Crippen molar-refractivity contribution < 1.29 is 9.53 Å². The van der Waals surface area contributed by atoms with E-state index in [2.05, 4.69) is 27.1 Å². The van der Waals surface area contributed by atoms with Gasteiger partial charge in [-0.25, -0.2) is 4.98 Å². The molecule has 2 atom stereocenters. The van der Waals surface area contributed by atoms with Gasteiger partial charge in [0.25, 0.3) is 5.91 Å². The van der Waals surface area contributed by atoms with E-state index in [1.807, 2.05) is 42.5 Å². The quantitative estimate of drug-likeness (QED) is 0.523. The second-order valence-corrected chi connectivity index (χ2v) is 7.92. The molecule has 7 nitrogen and oxygen atoms in total. The van der Waals surface area contributed by atoms with Gasteiger partial charge in [0.05, 0.1) is 12.7 Å². The largest absolute Gasteiger partial charge is 0.384 e. The Kier molecular flexibility index (Phi) is 6.30. The first kappa shape index (κ1) is 20.4. The number of pyridine rings is 1. The number of nitrogens with two attached hydrogens (primary N) is 1. The number of nitrogens with one attached hydrogen (secondary N) is 2. The highest BCUT2D eigenvalue weighted by Gasteiger charge is 2.26. The lowest BCUT2D eigenvalue weighted by Crippen LogP contribution is -2.45. The van der Waals surface area contributed by atoms with E-state index in [9.17, 15) is 4.79 Å². The number of anilines is 1. The molecule has 1 fully saturated rings. The van der Waals surface area contributed by atoms with Crippen molar-refractivity contribution in [3.63, 3.8) is 0 Å². The van der Waals surface area contributed by atoms with Crippen LogP contribution in [-0.4, -0.2) is 53.1 Å². The Balaban J connectivity index is 1.21. The highest BCUT2D eigenvalue weighted by Crippen LogP contribution is 2.25. The highest BCUT2D eigenvalue weighted by atomic mass is 16.5. The van der Waals surface area contributed by atoms with Gasteiger partial charge in [0, 0.05) is 41.8 Å². The number of carbonyl (C=O) groups is 1. The lowest BCUT2D eigenvalue weighted by atomic mass is 10.1. The number of morpholine rings is 1. The Labute approximate surface area is 176 Å². The number of hydrogen-bond donors (Lipinski definition) is 3. The third-order valence-corrected chi connectivity index (χ3v) is 5.68. The van der Waals surface area contributed by atoms with Gasteiger partial charge in [0.2, 0.25) is 0 Å². The average Bonchev–Trinajstić information content (AvgIpc) is 3.20. The van der Waals surface area contributed by atoms with Gasteiger partial charge < -0.3 is 20.8 Å². The molecular formula is C23H29N5O2. The molecule has 4 N–H and O–H groups in total. The maximum absolute atomic E-state index is 12.4. The third-order valence-electron chi connectivity index (χ3n) is 5.68. The molecule has 0 unspecified atom stereocenters. The number of nitrogen functional groups attached to an aromatic ring is 1. The van der Waals surface area contributed by atoms with Gasteiger partial charge >= 0.3 is 0 Å². The number of H-pyrrole nitrogens is 1. The van der Waals surface area contributed by atoms with Crippen molar-refractivity contribution in [1.29, 1.82) is 0 Å². The van der Waals surface area contributed by atoms with Crippen LogP contribution in [0.15, 0.2) is 48.7 Å². The van der Waals surface area contributed by atoms with E-state index >= 15 is 0 Å². The van der Waals surface area contributed by atoms with E-state index in [1.165, 1.54) is 0 Å². The number of para-hydroxylation sites is 1. The van der Waals surface area contributed by atoms with Crippen molar-refractivity contribution >= 4 is 22.6 Å². The van der Waals surface area contributed by atoms with Crippen molar-refractivity contribution in [3.8, 4) is 0 Å². The number of amides is 1. The monoisotopic (exact) mass is 407 g/mol. The smallest absolute Gasteiger partial charge is 0.267 e. The summed E-state index contributed by atoms with van der Waals surface area (Å²) in [5.74, 6) is 0.469. The molecule has 1 amide bonds. The van der Waals surface area contributed by atoms with Crippen LogP contribution in [0.2, 0.25) is 0 Å². The van der Waals surface area contributed by atoms with Crippen LogP contribution in [0.5, 0.6) is 0 Å². The van der Waals surface area contributed by atoms with Crippen molar-refractivity contribution in [2.45, 2.75) is 31.9 Å². The molecule has 0 radical (unpaired) electrons. The van der Waals surface area contributed by atoms with Crippen LogP contribution >= 0.6 is 0 Å². The Morgan fingerprint density at radius 3 is 2.97 bits per heavy atom. The fourth-order valence-electron chi connectivity index (χ4n) is 3.86. The summed E-state index contributed by atoms with van der Waals surface area (Å²) in [6.45, 7) is 5.37. The molecule has 3 aromatic rings. The van der Waals surface area contributed by atoms with Crippen molar-refractivity contribution in [3.05, 3.63) is 59.9 Å². The third kappa shape index (κ3) is 4.80. The summed E-state index contributed by atoms with van der Waals surface area (Å²) in [5, 5.41) is 4.07. The lowest BCUT2D eigenvalue weighted by Gasteiger charge is -2.38. The summed E-state index contributed by atoms with van der Waals surface area (Å²) in [6.07, 6.45) is 3.78. The molecule has 30 heavy (non-hydrogen) atoms. The minimum atomic E-state index is -0.0538. The van der Waals surface area contributed by atoms with Gasteiger partial charge in [0.1, 0.15) is 11.5 Å². The van der Waals surface area contributed by atoms with E-state index in [0.717, 1.165) is 42.4 Å². The van der Waals surface area contributed by atoms with Gasteiger partial charge in [-0.3, -0.25) is 9.69 Å². The number of fused-ring (bicyclic) bond motifs is 1. The van der Waals surface area contributed by atoms with Crippen LogP contribution in [0.3, 0.4) is 0 Å². The van der Waals surface area contributed by atoms with E-state index in [4.69, 9.17) is 10.5 Å². The predicted molar refractivity (Wildman–Crippen MR) is 118 cm³/mol. The minimum Gasteiger partial charge on any atom is -0.384 e. The Hall–Kier alpha value is -2.90. The summed E-state index contributed by atoms with van der Waals surface area (Å²) in [7, 11) is 0. The predicted octanol–water partition coefficient (Wildman–Crippen LogP) is 3.12. The molecule has 4 rings (SSSR count). The molecule has 0 spiro atoms. The van der Waals surface area contributed by atoms with Crippen LogP contribution in [0.1, 0.15) is 41.9 Å². The van der Waals surface area contributed by atoms with Gasteiger partial charge in [-0.15, -0.1) is 0 Å². The number of hydrogen-bond acceptors (Lipinski definition) is 5. The van der Waals surface area contributed by atoms with Crippen molar-refractivity contribution in [2.24, 2.45) is 0 Å². The van der Waals surface area contributed by atoms with E-state index < -0.39 is 0 Å². The standard InChI is InChI=1S/C23H29N5O2/c1-16-15-30-21(18-8-9-22(24)26-13-18)14-28(16)11-5-4-10-25-23(29)20-12-17-6-2-3-7-19(17)27-20/h2-3,6-9,12-13,16,21,27H,4-5,10-11,14-15H2,1H3,(H2,24,26)(H,25,29)/t16-,21-/m0/s1. The first-order valence-corrected chi connectivity index (χ1v) is 10.5. The Bertz CT molecular complexity index is 952. The van der Waals surface area contributed by atoms with Gasteiger partial charge in [-0.05, 0) is 44.5 Å². The number of unbranched alkanes of at least 4 members (excludes halogenated alkanes) is 1. The average molecular weight is 408 g/mol. The summed E-state index contributed by atoms with van der Waals surface area (Å²) in [5.41, 5.74) is 8.34. The second-order valence-electron chi connectivity index (χ2n) is 7.92. The van der Waals surface area contributed by atoms with Crippen LogP contribution in [0.4, 0.5) is 5.82 Å². The number of rotatable bonds is 7. The molecule has 1 saturated heterocycles. The van der Waals surface area contributed by atoms with Crippen molar-refractivity contribution in [2.75, 3.05) is 32.0 Å². The van der Waals surface area contributed by atoms with Crippen molar-refractivity contribution in [1.82, 2.24) is 20.2 Å². The van der Waals surface area contributed by atoms with E-state index in [-0.39, 0.29) is 12.0 Å². The molecule has 2 aromatic heterocycles. The first-order valence-electron chi connectivity index (χ1n) is 10.5. The molecule has 1 aliphatic rings. The van der Waals surface area contributed by atoms with Crippen LogP contribution in [-0.2, 0) is 4.74 Å². The van der Waals surface area contributed by atoms with Crippen LogP contribution in [0.25, 0.3) is 10.9 Å². The SMILES string of the molecule is C[C@H]1CO[C@H](c2ccc(N)nc2)CN1CCCCNC(=O)c1cc2ccccc2[nH]1. The number of aromatic amines is 1. The topological polar surface area (TPSA) is 96.3 Å². The number of nitrogens with zero attached hydrogens (tertiary/aromatic N) is 2. The van der Waals surface area contributed by atoms with Crippen LogP contribution < -0.4 is 11.1 Å². The fraction of sp³-hybridized carbons (Fsp3) is 0.391. The van der Waals surface area contributed by atoms with Gasteiger partial charge in [-0.2, -0.15) is 0 Å². The normalized spacial score (nSPS) is 19.8. The summed E-state index contributed by atoms with van der Waals surface area (Å²) in [6, 6.07) is 14.0. The molecule has 1 aromatic carbocycles. The maximum atomic E-state index is 12.4. The number of benzene rings is 1.